The molecule has 18 heavy (non-hydrogen) atoms. The Kier molecular flexibility index (Phi) is 4.28. The molecule has 3 heteroatoms. The molecule has 0 heterocycles. The highest BCUT2D eigenvalue weighted by molar-refractivity contribution is 6.09. The van der Waals surface area contributed by atoms with E-state index in [0.717, 1.165) is 5.69 Å². The van der Waals surface area contributed by atoms with Crippen LogP contribution in [0.1, 0.15) is 37.6 Å². The molecule has 0 radical (unpaired) electrons. The quantitative estimate of drug-likeness (QED) is 0.606. The molecule has 1 aromatic carbocycles. The minimum absolute atomic E-state index is 0.0252. The lowest BCUT2D eigenvalue weighted by atomic mass is 9.87. The van der Waals surface area contributed by atoms with Gasteiger partial charge in [0.05, 0.1) is 6.42 Å². The normalized spacial score (nSPS) is 11.2. The van der Waals surface area contributed by atoms with E-state index in [1.54, 1.807) is 6.07 Å². The molecule has 0 aliphatic carbocycles. The van der Waals surface area contributed by atoms with E-state index in [-0.39, 0.29) is 18.0 Å². The van der Waals surface area contributed by atoms with Crippen molar-refractivity contribution in [1.82, 2.24) is 0 Å². The number of hydrogen-bond acceptors (Lipinski definition) is 3. The Morgan fingerprint density at radius 3 is 2.28 bits per heavy atom. The van der Waals surface area contributed by atoms with Crippen molar-refractivity contribution >= 4 is 17.3 Å². The maximum atomic E-state index is 12.0. The highest BCUT2D eigenvalue weighted by Gasteiger charge is 2.24. The van der Waals surface area contributed by atoms with Crippen molar-refractivity contribution in [3.63, 3.8) is 0 Å². The zero-order valence-corrected chi connectivity index (χ0v) is 11.8. The number of anilines is 1. The first kappa shape index (κ1) is 14.4. The molecule has 1 aromatic rings. The van der Waals surface area contributed by atoms with Gasteiger partial charge < -0.3 is 4.90 Å². The van der Waals surface area contributed by atoms with Crippen molar-refractivity contribution in [2.24, 2.45) is 5.41 Å². The molecule has 0 aliphatic heterocycles. The second kappa shape index (κ2) is 5.34. The molecule has 3 nitrogen and oxygen atoms in total. The molecule has 0 atom stereocenters. The topological polar surface area (TPSA) is 37.4 Å². The van der Waals surface area contributed by atoms with Gasteiger partial charge in [0, 0.05) is 30.8 Å². The van der Waals surface area contributed by atoms with Gasteiger partial charge in [0.25, 0.3) is 0 Å². The Morgan fingerprint density at radius 2 is 1.78 bits per heavy atom. The van der Waals surface area contributed by atoms with Gasteiger partial charge in [-0.05, 0) is 12.1 Å². The van der Waals surface area contributed by atoms with E-state index in [2.05, 4.69) is 0 Å². The van der Waals surface area contributed by atoms with Crippen LogP contribution < -0.4 is 4.90 Å². The van der Waals surface area contributed by atoms with Crippen LogP contribution in [0.3, 0.4) is 0 Å². The van der Waals surface area contributed by atoms with Gasteiger partial charge >= 0.3 is 0 Å². The standard InChI is InChI=1S/C15H21NO2/c1-15(2,3)14(18)10-13(17)11-7-6-8-12(9-11)16(4)5/h6-9H,10H2,1-5H3. The van der Waals surface area contributed by atoms with Crippen LogP contribution in [0.25, 0.3) is 0 Å². The molecule has 0 saturated carbocycles. The summed E-state index contributed by atoms with van der Waals surface area (Å²) in [7, 11) is 3.84. The third-order valence-corrected chi connectivity index (χ3v) is 2.84. The van der Waals surface area contributed by atoms with Crippen molar-refractivity contribution in [3.05, 3.63) is 29.8 Å². The molecule has 98 valence electrons. The predicted molar refractivity (Wildman–Crippen MR) is 74.2 cm³/mol. The molecule has 0 unspecified atom stereocenters. The lowest BCUT2D eigenvalue weighted by molar-refractivity contribution is -0.125. The molecule has 0 amide bonds. The number of rotatable bonds is 4. The summed E-state index contributed by atoms with van der Waals surface area (Å²) >= 11 is 0. The Balaban J connectivity index is 2.85. The first-order valence-electron chi connectivity index (χ1n) is 6.05. The van der Waals surface area contributed by atoms with Gasteiger partial charge in [0.15, 0.2) is 5.78 Å². The minimum Gasteiger partial charge on any atom is -0.378 e. The highest BCUT2D eigenvalue weighted by Crippen LogP contribution is 2.20. The first-order chi connectivity index (χ1) is 8.21. The van der Waals surface area contributed by atoms with E-state index < -0.39 is 5.41 Å². The number of Topliss-reactive ketones (excluding diaryl/α,β-unsaturated/α-hetero) is 2. The summed E-state index contributed by atoms with van der Waals surface area (Å²) in [5.74, 6) is -0.138. The molecule has 0 N–H and O–H groups in total. The average Bonchev–Trinajstić information content (AvgIpc) is 2.27. The SMILES string of the molecule is CN(C)c1cccc(C(=O)CC(=O)C(C)(C)C)c1. The average molecular weight is 247 g/mol. The zero-order chi connectivity index (χ0) is 13.9. The Bertz CT molecular complexity index is 456. The molecule has 0 aromatic heterocycles. The van der Waals surface area contributed by atoms with E-state index in [0.29, 0.717) is 5.56 Å². The van der Waals surface area contributed by atoms with Gasteiger partial charge in [-0.1, -0.05) is 32.9 Å². The van der Waals surface area contributed by atoms with Gasteiger partial charge in [0.1, 0.15) is 5.78 Å². The Hall–Kier alpha value is -1.64. The van der Waals surface area contributed by atoms with E-state index in [1.165, 1.54) is 0 Å². The van der Waals surface area contributed by atoms with Gasteiger partial charge in [-0.2, -0.15) is 0 Å². The van der Waals surface area contributed by atoms with Crippen LogP contribution in [0.4, 0.5) is 5.69 Å². The second-order valence-electron chi connectivity index (χ2n) is 5.72. The summed E-state index contributed by atoms with van der Waals surface area (Å²) in [5, 5.41) is 0. The summed E-state index contributed by atoms with van der Waals surface area (Å²) in [5.41, 5.74) is 1.09. The number of ketones is 2. The van der Waals surface area contributed by atoms with Crippen LogP contribution in [-0.2, 0) is 4.79 Å². The number of benzene rings is 1. The Morgan fingerprint density at radius 1 is 1.17 bits per heavy atom. The predicted octanol–water partition coefficient (Wildman–Crippen LogP) is 2.94. The summed E-state index contributed by atoms with van der Waals surface area (Å²) in [4.78, 5) is 25.8. The molecule has 0 bridgehead atoms. The van der Waals surface area contributed by atoms with Crippen LogP contribution in [0, 0.1) is 5.41 Å². The maximum Gasteiger partial charge on any atom is 0.170 e. The zero-order valence-electron chi connectivity index (χ0n) is 11.8. The van der Waals surface area contributed by atoms with Crippen molar-refractivity contribution in [3.8, 4) is 0 Å². The van der Waals surface area contributed by atoms with E-state index in [9.17, 15) is 9.59 Å². The van der Waals surface area contributed by atoms with Gasteiger partial charge in [-0.3, -0.25) is 9.59 Å². The van der Waals surface area contributed by atoms with Gasteiger partial charge in [-0.15, -0.1) is 0 Å². The molecule has 1 rings (SSSR count). The third-order valence-electron chi connectivity index (χ3n) is 2.84. The fourth-order valence-corrected chi connectivity index (χ4v) is 1.47. The van der Waals surface area contributed by atoms with Gasteiger partial charge in [-0.25, -0.2) is 0 Å². The van der Waals surface area contributed by atoms with E-state index >= 15 is 0 Å². The molecular formula is C15H21NO2. The van der Waals surface area contributed by atoms with Crippen LogP contribution in [0.15, 0.2) is 24.3 Å². The van der Waals surface area contributed by atoms with E-state index in [1.807, 2.05) is 58.0 Å². The summed E-state index contributed by atoms with van der Waals surface area (Å²) in [6.07, 6.45) is -0.0274. The number of carbonyl (C=O) groups excluding carboxylic acids is 2. The minimum atomic E-state index is -0.463. The van der Waals surface area contributed by atoms with Crippen LogP contribution >= 0.6 is 0 Å². The van der Waals surface area contributed by atoms with Crippen LogP contribution in [0.2, 0.25) is 0 Å². The highest BCUT2D eigenvalue weighted by atomic mass is 16.1. The summed E-state index contributed by atoms with van der Waals surface area (Å²) < 4.78 is 0. The molecule has 0 spiro atoms. The lowest BCUT2D eigenvalue weighted by Crippen LogP contribution is -2.23. The second-order valence-corrected chi connectivity index (χ2v) is 5.72. The van der Waals surface area contributed by atoms with Crippen molar-refractivity contribution in [1.29, 1.82) is 0 Å². The van der Waals surface area contributed by atoms with Crippen molar-refractivity contribution in [2.45, 2.75) is 27.2 Å². The largest absolute Gasteiger partial charge is 0.378 e. The molecule has 0 aliphatic rings. The molecule has 0 fully saturated rings. The fourth-order valence-electron chi connectivity index (χ4n) is 1.47. The number of carbonyl (C=O) groups is 2. The lowest BCUT2D eigenvalue weighted by Gasteiger charge is -2.16. The van der Waals surface area contributed by atoms with E-state index in [4.69, 9.17) is 0 Å². The smallest absolute Gasteiger partial charge is 0.170 e. The maximum absolute atomic E-state index is 12.0. The number of hydrogen-bond donors (Lipinski definition) is 0. The fraction of sp³-hybridized carbons (Fsp3) is 0.467. The van der Waals surface area contributed by atoms with Crippen LogP contribution in [-0.4, -0.2) is 25.7 Å². The van der Waals surface area contributed by atoms with Gasteiger partial charge in [0.2, 0.25) is 0 Å². The van der Waals surface area contributed by atoms with Crippen LogP contribution in [0.5, 0.6) is 0 Å². The first-order valence-corrected chi connectivity index (χ1v) is 6.05. The Labute approximate surface area is 109 Å². The molecular weight excluding hydrogens is 226 g/mol. The number of nitrogens with zero attached hydrogens (tertiary/aromatic N) is 1. The summed E-state index contributed by atoms with van der Waals surface area (Å²) in [6.45, 7) is 5.50. The molecule has 0 saturated heterocycles. The van der Waals surface area contributed by atoms with Crippen molar-refractivity contribution < 1.29 is 9.59 Å². The monoisotopic (exact) mass is 247 g/mol. The summed E-state index contributed by atoms with van der Waals surface area (Å²) in [6, 6.07) is 7.34. The van der Waals surface area contributed by atoms with Crippen molar-refractivity contribution in [2.75, 3.05) is 19.0 Å². The third kappa shape index (κ3) is 3.69.